The van der Waals surface area contributed by atoms with Gasteiger partial charge in [0, 0.05) is 11.8 Å². The Morgan fingerprint density at radius 3 is 2.53 bits per heavy atom. The van der Waals surface area contributed by atoms with E-state index >= 15 is 0 Å². The third-order valence-corrected chi connectivity index (χ3v) is 2.31. The average molecular weight is 280 g/mol. The van der Waals surface area contributed by atoms with Crippen LogP contribution in [0.3, 0.4) is 0 Å². The second-order valence-corrected chi connectivity index (χ2v) is 4.29. The van der Waals surface area contributed by atoms with E-state index in [2.05, 4.69) is 21.1 Å². The zero-order chi connectivity index (χ0) is 11.7. The van der Waals surface area contributed by atoms with Crippen LogP contribution in [0, 0.1) is 0 Å². The minimum Gasteiger partial charge on any atom is -0.458 e. The highest BCUT2D eigenvalue weighted by Crippen LogP contribution is 2.05. The third kappa shape index (κ3) is 7.36. The Hall–Kier alpha value is -0.580. The van der Waals surface area contributed by atoms with Crippen molar-refractivity contribution in [3.05, 3.63) is 0 Å². The fraction of sp³-hybridized carbons (Fsp3) is 0.800. The van der Waals surface area contributed by atoms with Crippen molar-refractivity contribution >= 4 is 27.6 Å². The van der Waals surface area contributed by atoms with E-state index in [-0.39, 0.29) is 11.8 Å². The smallest absolute Gasteiger partial charge is 0.356 e. The average Bonchev–Trinajstić information content (AvgIpc) is 2.16. The van der Waals surface area contributed by atoms with Gasteiger partial charge in [0.15, 0.2) is 5.71 Å². The van der Waals surface area contributed by atoms with E-state index in [0.717, 1.165) is 24.6 Å². The maximum atomic E-state index is 11.3. The number of alkyl halides is 1. The molecule has 0 rings (SSSR count). The van der Waals surface area contributed by atoms with E-state index in [1.807, 2.05) is 0 Å². The van der Waals surface area contributed by atoms with Gasteiger partial charge in [-0.05, 0) is 26.7 Å². The Balaban J connectivity index is 3.87. The molecule has 0 aromatic carbocycles. The second-order valence-electron chi connectivity index (χ2n) is 3.50. The van der Waals surface area contributed by atoms with E-state index in [4.69, 9.17) is 9.94 Å². The summed E-state index contributed by atoms with van der Waals surface area (Å²) >= 11 is 3.32. The Labute approximate surface area is 98.8 Å². The number of esters is 1. The number of unbranched alkanes of at least 4 members (excludes halogenated alkanes) is 2. The largest absolute Gasteiger partial charge is 0.458 e. The molecule has 0 aromatic rings. The van der Waals surface area contributed by atoms with Crippen LogP contribution < -0.4 is 0 Å². The molecule has 0 spiro atoms. The summed E-state index contributed by atoms with van der Waals surface area (Å²) in [4.78, 5) is 11.3. The van der Waals surface area contributed by atoms with E-state index in [9.17, 15) is 4.79 Å². The molecule has 0 aliphatic carbocycles. The van der Waals surface area contributed by atoms with Gasteiger partial charge in [-0.3, -0.25) is 0 Å². The maximum Gasteiger partial charge on any atom is 0.356 e. The van der Waals surface area contributed by atoms with Crippen LogP contribution in [0.1, 0.15) is 39.5 Å². The molecule has 0 aromatic heterocycles. The van der Waals surface area contributed by atoms with Crippen LogP contribution in [0.5, 0.6) is 0 Å². The molecule has 0 fully saturated rings. The quantitative estimate of drug-likeness (QED) is 0.195. The molecule has 0 radical (unpaired) electrons. The lowest BCUT2D eigenvalue weighted by molar-refractivity contribution is -0.139. The van der Waals surface area contributed by atoms with Crippen molar-refractivity contribution in [2.75, 3.05) is 5.33 Å². The fourth-order valence-corrected chi connectivity index (χ4v) is 1.44. The number of oxime groups is 1. The van der Waals surface area contributed by atoms with Gasteiger partial charge in [0.1, 0.15) is 0 Å². The van der Waals surface area contributed by atoms with Gasteiger partial charge in [0.2, 0.25) is 0 Å². The van der Waals surface area contributed by atoms with Gasteiger partial charge >= 0.3 is 5.97 Å². The highest BCUT2D eigenvalue weighted by molar-refractivity contribution is 9.09. The van der Waals surface area contributed by atoms with E-state index in [1.54, 1.807) is 13.8 Å². The molecule has 0 unspecified atom stereocenters. The predicted molar refractivity (Wildman–Crippen MR) is 62.7 cm³/mol. The summed E-state index contributed by atoms with van der Waals surface area (Å²) in [6.07, 6.45) is 3.17. The van der Waals surface area contributed by atoms with Crippen molar-refractivity contribution in [3.63, 3.8) is 0 Å². The van der Waals surface area contributed by atoms with Crippen LogP contribution in [0.4, 0.5) is 0 Å². The molecule has 0 bridgehead atoms. The molecule has 0 saturated carbocycles. The molecule has 0 atom stereocenters. The van der Waals surface area contributed by atoms with Crippen molar-refractivity contribution in [2.45, 2.75) is 45.6 Å². The summed E-state index contributed by atoms with van der Waals surface area (Å²) in [5.74, 6) is -0.522. The zero-order valence-electron chi connectivity index (χ0n) is 9.20. The Morgan fingerprint density at radius 2 is 2.07 bits per heavy atom. The van der Waals surface area contributed by atoms with Crippen LogP contribution in [-0.2, 0) is 9.53 Å². The number of rotatable bonds is 7. The fourth-order valence-electron chi connectivity index (χ4n) is 1.04. The molecule has 88 valence electrons. The summed E-state index contributed by atoms with van der Waals surface area (Å²) in [6, 6.07) is 0. The Bertz CT molecular complexity index is 217. The third-order valence-electron chi connectivity index (χ3n) is 1.75. The Morgan fingerprint density at radius 1 is 1.40 bits per heavy atom. The molecule has 0 aliphatic rings. The van der Waals surface area contributed by atoms with Crippen LogP contribution >= 0.6 is 15.9 Å². The number of halogens is 1. The number of ether oxygens (including phenoxy) is 1. The lowest BCUT2D eigenvalue weighted by Gasteiger charge is -2.08. The summed E-state index contributed by atoms with van der Waals surface area (Å²) < 4.78 is 4.92. The highest BCUT2D eigenvalue weighted by Gasteiger charge is 2.14. The van der Waals surface area contributed by atoms with Gasteiger partial charge in [-0.15, -0.1) is 0 Å². The first-order valence-corrected chi connectivity index (χ1v) is 6.21. The molecule has 5 heteroatoms. The van der Waals surface area contributed by atoms with Crippen molar-refractivity contribution in [1.82, 2.24) is 0 Å². The molecule has 0 amide bonds. The summed E-state index contributed by atoms with van der Waals surface area (Å²) in [6.45, 7) is 3.52. The van der Waals surface area contributed by atoms with E-state index in [0.29, 0.717) is 6.42 Å². The number of carbonyl (C=O) groups excluding carboxylic acids is 1. The standard InChI is InChI=1S/C10H18BrNO3/c1-8(2)15-10(13)9(12-14)6-4-3-5-7-11/h8,14H,3-7H2,1-2H3/b12-9+. The SMILES string of the molecule is CC(C)OC(=O)/C(CCCCCBr)=N/O. The summed E-state index contributed by atoms with van der Waals surface area (Å²) in [7, 11) is 0. The number of hydrogen-bond acceptors (Lipinski definition) is 4. The van der Waals surface area contributed by atoms with Gasteiger partial charge in [0.25, 0.3) is 0 Å². The normalized spacial score (nSPS) is 11.9. The monoisotopic (exact) mass is 279 g/mol. The predicted octanol–water partition coefficient (Wildman–Crippen LogP) is 2.72. The minimum atomic E-state index is -0.522. The van der Waals surface area contributed by atoms with E-state index in [1.165, 1.54) is 0 Å². The first kappa shape index (κ1) is 14.4. The molecule has 1 N–H and O–H groups in total. The molecule has 4 nitrogen and oxygen atoms in total. The van der Waals surface area contributed by atoms with Gasteiger partial charge in [-0.25, -0.2) is 4.79 Å². The molecule has 15 heavy (non-hydrogen) atoms. The molecule has 0 heterocycles. The first-order chi connectivity index (χ1) is 7.11. The molecule has 0 saturated heterocycles. The number of carbonyl (C=O) groups is 1. The zero-order valence-corrected chi connectivity index (χ0v) is 10.8. The lowest BCUT2D eigenvalue weighted by Crippen LogP contribution is -2.21. The molecular weight excluding hydrogens is 262 g/mol. The van der Waals surface area contributed by atoms with Crippen LogP contribution in [0.15, 0.2) is 5.16 Å². The minimum absolute atomic E-state index is 0.110. The highest BCUT2D eigenvalue weighted by atomic mass is 79.9. The van der Waals surface area contributed by atoms with Crippen molar-refractivity contribution in [1.29, 1.82) is 0 Å². The van der Waals surface area contributed by atoms with Crippen molar-refractivity contribution < 1.29 is 14.7 Å². The summed E-state index contributed by atoms with van der Waals surface area (Å²) in [5.41, 5.74) is 0.110. The van der Waals surface area contributed by atoms with Crippen LogP contribution in [-0.4, -0.2) is 28.3 Å². The first-order valence-electron chi connectivity index (χ1n) is 5.09. The maximum absolute atomic E-state index is 11.3. The van der Waals surface area contributed by atoms with Gasteiger partial charge < -0.3 is 9.94 Å². The summed E-state index contributed by atoms with van der Waals surface area (Å²) in [5, 5.41) is 12.6. The van der Waals surface area contributed by atoms with Crippen molar-refractivity contribution in [3.8, 4) is 0 Å². The Kier molecular flexibility index (Phi) is 8.37. The number of hydrogen-bond donors (Lipinski definition) is 1. The van der Waals surface area contributed by atoms with Crippen LogP contribution in [0.2, 0.25) is 0 Å². The van der Waals surface area contributed by atoms with Gasteiger partial charge in [0.05, 0.1) is 6.10 Å². The molecule has 0 aliphatic heterocycles. The van der Waals surface area contributed by atoms with Gasteiger partial charge in [-0.1, -0.05) is 27.5 Å². The second kappa shape index (κ2) is 8.71. The molecular formula is C10H18BrNO3. The lowest BCUT2D eigenvalue weighted by atomic mass is 10.1. The topological polar surface area (TPSA) is 58.9 Å². The van der Waals surface area contributed by atoms with Gasteiger partial charge in [-0.2, -0.15) is 0 Å². The van der Waals surface area contributed by atoms with Crippen molar-refractivity contribution in [2.24, 2.45) is 5.16 Å². The number of nitrogens with zero attached hydrogens (tertiary/aromatic N) is 1. The van der Waals surface area contributed by atoms with Crippen LogP contribution in [0.25, 0.3) is 0 Å². The van der Waals surface area contributed by atoms with E-state index < -0.39 is 5.97 Å².